The average Bonchev–Trinajstić information content (AvgIpc) is 3.45. The number of fused-ring (bicyclic) bond motifs is 11. The van der Waals surface area contributed by atoms with E-state index in [0.29, 0.717) is 0 Å². The zero-order valence-corrected chi connectivity index (χ0v) is 19.4. The van der Waals surface area contributed by atoms with Crippen LogP contribution in [0.3, 0.4) is 0 Å². The first kappa shape index (κ1) is 18.5. The van der Waals surface area contributed by atoms with Crippen molar-refractivity contribution < 1.29 is 0 Å². The van der Waals surface area contributed by atoms with Gasteiger partial charge in [-0.25, -0.2) is 0 Å². The SMILES string of the molecule is c1ccc2cc3c(cc2c1)c1cccc2c4ccccc4n(c4cccc5c6ccccc6n3c54)c21. The van der Waals surface area contributed by atoms with Crippen molar-refractivity contribution in [1.29, 1.82) is 0 Å². The highest BCUT2D eigenvalue weighted by Gasteiger charge is 2.18. The largest absolute Gasteiger partial charge is 0.307 e. The number of nitrogens with zero attached hydrogens (tertiary/aromatic N) is 2. The van der Waals surface area contributed by atoms with Crippen LogP contribution < -0.4 is 0 Å². The molecule has 9 rings (SSSR count). The third-order valence-electron chi connectivity index (χ3n) is 8.00. The Hall–Kier alpha value is -4.82. The van der Waals surface area contributed by atoms with Crippen LogP contribution in [0.4, 0.5) is 0 Å². The smallest absolute Gasteiger partial charge is 0.0782 e. The lowest BCUT2D eigenvalue weighted by Crippen LogP contribution is -1.94. The average molecular weight is 457 g/mol. The molecule has 0 aliphatic rings. The lowest BCUT2D eigenvalue weighted by atomic mass is 10.0. The monoisotopic (exact) mass is 456 g/mol. The van der Waals surface area contributed by atoms with E-state index < -0.39 is 0 Å². The highest BCUT2D eigenvalue weighted by molar-refractivity contribution is 6.24. The third-order valence-corrected chi connectivity index (χ3v) is 8.00. The molecule has 0 unspecified atom stereocenters. The molecule has 2 nitrogen and oxygen atoms in total. The first-order valence-corrected chi connectivity index (χ1v) is 12.5. The Balaban J connectivity index is 1.80. The van der Waals surface area contributed by atoms with E-state index in [9.17, 15) is 0 Å². The molecule has 0 bridgehead atoms. The van der Waals surface area contributed by atoms with Gasteiger partial charge in [-0.2, -0.15) is 0 Å². The zero-order valence-electron chi connectivity index (χ0n) is 19.4. The van der Waals surface area contributed by atoms with Crippen molar-refractivity contribution in [3.63, 3.8) is 0 Å². The summed E-state index contributed by atoms with van der Waals surface area (Å²) in [7, 11) is 0. The van der Waals surface area contributed by atoms with E-state index in [0.717, 1.165) is 0 Å². The molecule has 9 aromatic rings. The summed E-state index contributed by atoms with van der Waals surface area (Å²) >= 11 is 0. The van der Waals surface area contributed by atoms with Gasteiger partial charge in [0.2, 0.25) is 0 Å². The predicted molar refractivity (Wildman–Crippen MR) is 153 cm³/mol. The molecular weight excluding hydrogens is 436 g/mol. The Morgan fingerprint density at radius 1 is 0.306 bits per heavy atom. The number of benzene rings is 6. The first-order valence-electron chi connectivity index (χ1n) is 12.5. The fraction of sp³-hybridized carbons (Fsp3) is 0. The number of hydrogen-bond acceptors (Lipinski definition) is 0. The van der Waals surface area contributed by atoms with Crippen LogP contribution in [0.25, 0.3) is 76.2 Å². The Morgan fingerprint density at radius 2 is 0.778 bits per heavy atom. The fourth-order valence-electron chi connectivity index (χ4n) is 6.55. The highest BCUT2D eigenvalue weighted by atomic mass is 15.0. The molecule has 0 spiro atoms. The molecule has 6 aromatic carbocycles. The van der Waals surface area contributed by atoms with Crippen LogP contribution >= 0.6 is 0 Å². The Morgan fingerprint density at radius 3 is 1.50 bits per heavy atom. The lowest BCUT2D eigenvalue weighted by molar-refractivity contribution is 1.30. The summed E-state index contributed by atoms with van der Waals surface area (Å²) in [5.74, 6) is 0. The van der Waals surface area contributed by atoms with Crippen LogP contribution in [0.1, 0.15) is 0 Å². The van der Waals surface area contributed by atoms with E-state index in [1.54, 1.807) is 0 Å². The normalized spacial score (nSPS) is 12.4. The minimum atomic E-state index is 1.22. The van der Waals surface area contributed by atoms with Gasteiger partial charge < -0.3 is 8.80 Å². The minimum absolute atomic E-state index is 1.22. The summed E-state index contributed by atoms with van der Waals surface area (Å²) in [4.78, 5) is 0. The maximum absolute atomic E-state index is 2.50. The van der Waals surface area contributed by atoms with Gasteiger partial charge in [0.05, 0.1) is 33.1 Å². The molecule has 166 valence electrons. The van der Waals surface area contributed by atoms with E-state index in [1.807, 2.05) is 0 Å². The standard InChI is InChI=1S/C34H20N2/c1-2-10-22-20-32-28(19-21(22)9-1)27-14-7-13-25-23-11-3-5-16-29(23)35(33(25)27)31-18-8-15-26-24-12-4-6-17-30(24)36(32)34(26)31/h1-20H. The molecule has 2 heteroatoms. The molecule has 0 aliphatic heterocycles. The summed E-state index contributed by atoms with van der Waals surface area (Å²) in [6.07, 6.45) is 0. The van der Waals surface area contributed by atoms with E-state index in [1.165, 1.54) is 76.2 Å². The van der Waals surface area contributed by atoms with Crippen LogP contribution in [-0.2, 0) is 0 Å². The molecule has 0 fully saturated rings. The Labute approximate surface area is 206 Å². The summed E-state index contributed by atoms with van der Waals surface area (Å²) in [6, 6.07) is 44.7. The molecule has 3 heterocycles. The van der Waals surface area contributed by atoms with Crippen LogP contribution in [0.2, 0.25) is 0 Å². The van der Waals surface area contributed by atoms with Crippen molar-refractivity contribution in [2.24, 2.45) is 0 Å². The van der Waals surface area contributed by atoms with Gasteiger partial charge in [0.1, 0.15) is 0 Å². The maximum atomic E-state index is 2.50. The van der Waals surface area contributed by atoms with E-state index in [4.69, 9.17) is 0 Å². The molecule has 0 atom stereocenters. The molecule has 0 N–H and O–H groups in total. The summed E-state index contributed by atoms with van der Waals surface area (Å²) < 4.78 is 4.99. The van der Waals surface area contributed by atoms with Crippen LogP contribution in [0, 0.1) is 0 Å². The molecule has 36 heavy (non-hydrogen) atoms. The van der Waals surface area contributed by atoms with Crippen molar-refractivity contribution in [2.75, 3.05) is 0 Å². The fourth-order valence-corrected chi connectivity index (χ4v) is 6.55. The summed E-state index contributed by atoms with van der Waals surface area (Å²) in [5, 5.41) is 10.2. The molecular formula is C34H20N2. The molecule has 0 saturated heterocycles. The van der Waals surface area contributed by atoms with E-state index in [2.05, 4.69) is 130 Å². The summed E-state index contributed by atoms with van der Waals surface area (Å²) in [6.45, 7) is 0. The molecule has 3 aromatic heterocycles. The maximum Gasteiger partial charge on any atom is 0.0782 e. The third kappa shape index (κ3) is 2.14. The van der Waals surface area contributed by atoms with Crippen molar-refractivity contribution in [2.45, 2.75) is 0 Å². The number of aromatic nitrogens is 2. The van der Waals surface area contributed by atoms with Crippen LogP contribution in [0.15, 0.2) is 121 Å². The second-order valence-corrected chi connectivity index (χ2v) is 9.80. The van der Waals surface area contributed by atoms with Crippen molar-refractivity contribution >= 4 is 76.2 Å². The molecule has 0 radical (unpaired) electrons. The molecule has 0 saturated carbocycles. The zero-order chi connectivity index (χ0) is 23.4. The quantitative estimate of drug-likeness (QED) is 0.215. The second-order valence-electron chi connectivity index (χ2n) is 9.80. The first-order chi connectivity index (χ1) is 17.9. The minimum Gasteiger partial charge on any atom is -0.307 e. The number of rotatable bonds is 0. The van der Waals surface area contributed by atoms with Gasteiger partial charge in [-0.15, -0.1) is 0 Å². The predicted octanol–water partition coefficient (Wildman–Crippen LogP) is 9.11. The van der Waals surface area contributed by atoms with Crippen molar-refractivity contribution in [3.8, 4) is 0 Å². The summed E-state index contributed by atoms with van der Waals surface area (Å²) in [5.41, 5.74) is 7.47. The molecule has 0 amide bonds. The Bertz CT molecular complexity index is 2370. The van der Waals surface area contributed by atoms with E-state index >= 15 is 0 Å². The topological polar surface area (TPSA) is 8.82 Å². The highest BCUT2D eigenvalue weighted by Crippen LogP contribution is 2.40. The number of hydrogen-bond donors (Lipinski definition) is 0. The van der Waals surface area contributed by atoms with Gasteiger partial charge in [-0.05, 0) is 41.1 Å². The van der Waals surface area contributed by atoms with Gasteiger partial charge in [-0.1, -0.05) is 91.0 Å². The van der Waals surface area contributed by atoms with Crippen molar-refractivity contribution in [3.05, 3.63) is 121 Å². The second kappa shape index (κ2) is 6.44. The Kier molecular flexibility index (Phi) is 3.31. The van der Waals surface area contributed by atoms with Gasteiger partial charge in [0.15, 0.2) is 0 Å². The van der Waals surface area contributed by atoms with Gasteiger partial charge in [-0.3, -0.25) is 0 Å². The lowest BCUT2D eigenvalue weighted by Gasteiger charge is -2.12. The number of para-hydroxylation sites is 4. The van der Waals surface area contributed by atoms with Crippen molar-refractivity contribution in [1.82, 2.24) is 8.80 Å². The van der Waals surface area contributed by atoms with Gasteiger partial charge in [0.25, 0.3) is 0 Å². The van der Waals surface area contributed by atoms with Crippen LogP contribution in [-0.4, -0.2) is 8.80 Å². The van der Waals surface area contributed by atoms with Gasteiger partial charge >= 0.3 is 0 Å². The molecule has 0 aliphatic carbocycles. The van der Waals surface area contributed by atoms with Gasteiger partial charge in [0, 0.05) is 32.3 Å². The van der Waals surface area contributed by atoms with E-state index in [-0.39, 0.29) is 0 Å². The van der Waals surface area contributed by atoms with Crippen LogP contribution in [0.5, 0.6) is 0 Å².